The Morgan fingerprint density at radius 1 is 1.50 bits per heavy atom. The molecule has 0 aliphatic carbocycles. The lowest BCUT2D eigenvalue weighted by Gasteiger charge is -2.06. The zero-order valence-corrected chi connectivity index (χ0v) is 9.77. The highest BCUT2D eigenvalue weighted by Gasteiger charge is 2.03. The van der Waals surface area contributed by atoms with Crippen molar-refractivity contribution in [2.45, 2.75) is 13.5 Å². The first-order valence-electron chi connectivity index (χ1n) is 5.04. The van der Waals surface area contributed by atoms with Crippen molar-refractivity contribution in [2.75, 3.05) is 13.1 Å². The molecule has 1 amide bonds. The Bertz CT molecular complexity index is 371. The smallest absolute Gasteiger partial charge is 0.234 e. The maximum atomic E-state index is 12.8. The van der Waals surface area contributed by atoms with E-state index in [1.807, 2.05) is 6.92 Å². The minimum atomic E-state index is -0.454. The molecule has 0 saturated heterocycles. The summed E-state index contributed by atoms with van der Waals surface area (Å²) < 4.78 is 12.8. The minimum absolute atomic E-state index is 0.0680. The van der Waals surface area contributed by atoms with Crippen LogP contribution < -0.4 is 10.6 Å². The van der Waals surface area contributed by atoms with Crippen molar-refractivity contribution < 1.29 is 9.18 Å². The van der Waals surface area contributed by atoms with Gasteiger partial charge in [-0.1, -0.05) is 24.6 Å². The summed E-state index contributed by atoms with van der Waals surface area (Å²) in [6.45, 7) is 3.30. The molecule has 1 aromatic carbocycles. The summed E-state index contributed by atoms with van der Waals surface area (Å²) in [7, 11) is 0. The van der Waals surface area contributed by atoms with E-state index < -0.39 is 5.82 Å². The summed E-state index contributed by atoms with van der Waals surface area (Å²) in [5, 5.41) is 5.67. The Kier molecular flexibility index (Phi) is 5.22. The lowest BCUT2D eigenvalue weighted by atomic mass is 10.2. The zero-order chi connectivity index (χ0) is 12.0. The fourth-order valence-electron chi connectivity index (χ4n) is 1.15. The third-order valence-corrected chi connectivity index (χ3v) is 2.30. The topological polar surface area (TPSA) is 41.1 Å². The van der Waals surface area contributed by atoms with Crippen molar-refractivity contribution in [1.82, 2.24) is 10.6 Å². The van der Waals surface area contributed by atoms with Gasteiger partial charge in [0.25, 0.3) is 0 Å². The molecule has 0 aromatic heterocycles. The third kappa shape index (κ3) is 4.16. The van der Waals surface area contributed by atoms with Gasteiger partial charge in [0.15, 0.2) is 0 Å². The van der Waals surface area contributed by atoms with Crippen molar-refractivity contribution in [3.8, 4) is 0 Å². The Labute approximate surface area is 99.0 Å². The Balaban J connectivity index is 2.42. The summed E-state index contributed by atoms with van der Waals surface area (Å²) in [4.78, 5) is 11.2. The van der Waals surface area contributed by atoms with E-state index in [2.05, 4.69) is 10.6 Å². The molecule has 0 aliphatic heterocycles. The van der Waals surface area contributed by atoms with E-state index in [4.69, 9.17) is 11.6 Å². The van der Waals surface area contributed by atoms with Gasteiger partial charge in [-0.3, -0.25) is 4.79 Å². The predicted octanol–water partition coefficient (Wildman–Crippen LogP) is 1.70. The molecule has 0 heterocycles. The van der Waals surface area contributed by atoms with Gasteiger partial charge in [0.05, 0.1) is 11.6 Å². The van der Waals surface area contributed by atoms with Crippen LogP contribution in [0.4, 0.5) is 4.39 Å². The van der Waals surface area contributed by atoms with Gasteiger partial charge in [-0.05, 0) is 24.2 Å². The van der Waals surface area contributed by atoms with Crippen LogP contribution in [-0.2, 0) is 11.3 Å². The Hall–Kier alpha value is -1.13. The van der Waals surface area contributed by atoms with Crippen LogP contribution >= 0.6 is 11.6 Å². The molecule has 1 rings (SSSR count). The highest BCUT2D eigenvalue weighted by Crippen LogP contribution is 2.15. The van der Waals surface area contributed by atoms with Crippen LogP contribution in [-0.4, -0.2) is 19.0 Å². The van der Waals surface area contributed by atoms with Gasteiger partial charge in [-0.2, -0.15) is 0 Å². The first kappa shape index (κ1) is 12.9. The van der Waals surface area contributed by atoms with E-state index in [0.717, 1.165) is 12.1 Å². The Morgan fingerprint density at radius 2 is 2.25 bits per heavy atom. The largest absolute Gasteiger partial charge is 0.351 e. The van der Waals surface area contributed by atoms with Crippen LogP contribution in [0.25, 0.3) is 0 Å². The third-order valence-electron chi connectivity index (χ3n) is 2.01. The standard InChI is InChI=1S/C11H14ClFN2O/c1-2-14-7-11(16)15-6-8-3-4-10(13)9(12)5-8/h3-5,14H,2,6-7H2,1H3,(H,15,16). The SMILES string of the molecule is CCNCC(=O)NCc1ccc(F)c(Cl)c1. The van der Waals surface area contributed by atoms with Crippen LogP contribution in [0.1, 0.15) is 12.5 Å². The highest BCUT2D eigenvalue weighted by molar-refractivity contribution is 6.30. The lowest BCUT2D eigenvalue weighted by Crippen LogP contribution is -2.33. The fraction of sp³-hybridized carbons (Fsp3) is 0.364. The molecule has 0 saturated carbocycles. The van der Waals surface area contributed by atoms with Crippen molar-refractivity contribution in [3.63, 3.8) is 0 Å². The van der Waals surface area contributed by atoms with Gasteiger partial charge in [0, 0.05) is 6.54 Å². The molecule has 0 atom stereocenters. The van der Waals surface area contributed by atoms with E-state index in [1.165, 1.54) is 12.1 Å². The van der Waals surface area contributed by atoms with Crippen LogP contribution in [0.2, 0.25) is 5.02 Å². The Morgan fingerprint density at radius 3 is 2.88 bits per heavy atom. The summed E-state index contributed by atoms with van der Waals surface area (Å²) in [6, 6.07) is 4.38. The quantitative estimate of drug-likeness (QED) is 0.828. The van der Waals surface area contributed by atoms with Crippen molar-refractivity contribution >= 4 is 17.5 Å². The average Bonchev–Trinajstić information content (AvgIpc) is 2.28. The van der Waals surface area contributed by atoms with Gasteiger partial charge in [0.1, 0.15) is 5.82 Å². The molecule has 16 heavy (non-hydrogen) atoms. The number of nitrogens with one attached hydrogen (secondary N) is 2. The summed E-state index contributed by atoms with van der Waals surface area (Å²) in [5.74, 6) is -0.549. The highest BCUT2D eigenvalue weighted by atomic mass is 35.5. The van der Waals surface area contributed by atoms with Gasteiger partial charge in [0.2, 0.25) is 5.91 Å². The molecular formula is C11H14ClFN2O. The van der Waals surface area contributed by atoms with Crippen LogP contribution in [0.3, 0.4) is 0 Å². The van der Waals surface area contributed by atoms with Crippen molar-refractivity contribution in [2.24, 2.45) is 0 Å². The van der Waals surface area contributed by atoms with E-state index in [-0.39, 0.29) is 17.5 Å². The molecule has 5 heteroatoms. The predicted molar refractivity (Wildman–Crippen MR) is 61.8 cm³/mol. The second-order valence-electron chi connectivity index (χ2n) is 3.31. The number of amides is 1. The number of hydrogen-bond acceptors (Lipinski definition) is 2. The first-order chi connectivity index (χ1) is 7.63. The number of carbonyl (C=O) groups is 1. The fourth-order valence-corrected chi connectivity index (χ4v) is 1.35. The van der Waals surface area contributed by atoms with E-state index in [0.29, 0.717) is 6.54 Å². The molecule has 0 bridgehead atoms. The number of carbonyl (C=O) groups excluding carboxylic acids is 1. The lowest BCUT2D eigenvalue weighted by molar-refractivity contribution is -0.120. The van der Waals surface area contributed by atoms with E-state index in [9.17, 15) is 9.18 Å². The summed E-state index contributed by atoms with van der Waals surface area (Å²) in [5.41, 5.74) is 0.774. The maximum absolute atomic E-state index is 12.8. The van der Waals surface area contributed by atoms with Crippen molar-refractivity contribution in [3.05, 3.63) is 34.6 Å². The number of rotatable bonds is 5. The number of hydrogen-bond donors (Lipinski definition) is 2. The molecule has 0 unspecified atom stereocenters. The minimum Gasteiger partial charge on any atom is -0.351 e. The molecule has 2 N–H and O–H groups in total. The average molecular weight is 245 g/mol. The normalized spacial score (nSPS) is 10.2. The summed E-state index contributed by atoms with van der Waals surface area (Å²) >= 11 is 5.61. The van der Waals surface area contributed by atoms with E-state index in [1.54, 1.807) is 6.07 Å². The van der Waals surface area contributed by atoms with Gasteiger partial charge < -0.3 is 10.6 Å². The molecule has 88 valence electrons. The second kappa shape index (κ2) is 6.45. The number of likely N-dealkylation sites (N-methyl/N-ethyl adjacent to an activating group) is 1. The molecule has 0 fully saturated rings. The second-order valence-corrected chi connectivity index (χ2v) is 3.71. The molecule has 0 radical (unpaired) electrons. The van der Waals surface area contributed by atoms with Crippen LogP contribution in [0.5, 0.6) is 0 Å². The van der Waals surface area contributed by atoms with Gasteiger partial charge in [-0.25, -0.2) is 4.39 Å². The molecule has 0 aliphatic rings. The molecule has 1 aromatic rings. The molecule has 0 spiro atoms. The molecule has 3 nitrogen and oxygen atoms in total. The van der Waals surface area contributed by atoms with Gasteiger partial charge in [-0.15, -0.1) is 0 Å². The van der Waals surface area contributed by atoms with Crippen LogP contribution in [0, 0.1) is 5.82 Å². The number of benzene rings is 1. The zero-order valence-electron chi connectivity index (χ0n) is 9.02. The number of halogens is 2. The summed E-state index contributed by atoms with van der Waals surface area (Å²) in [6.07, 6.45) is 0. The van der Waals surface area contributed by atoms with Crippen LogP contribution in [0.15, 0.2) is 18.2 Å². The van der Waals surface area contributed by atoms with Crippen molar-refractivity contribution in [1.29, 1.82) is 0 Å². The molecular weight excluding hydrogens is 231 g/mol. The monoisotopic (exact) mass is 244 g/mol. The van der Waals surface area contributed by atoms with Gasteiger partial charge >= 0.3 is 0 Å². The first-order valence-corrected chi connectivity index (χ1v) is 5.42. The van der Waals surface area contributed by atoms with E-state index >= 15 is 0 Å². The maximum Gasteiger partial charge on any atom is 0.234 e.